The largest absolute Gasteiger partial charge is 0.383 e. The number of hydrazine groups is 1. The third kappa shape index (κ3) is 1.47. The van der Waals surface area contributed by atoms with Gasteiger partial charge in [-0.1, -0.05) is 0 Å². The Balaban J connectivity index is 1.63. The summed E-state index contributed by atoms with van der Waals surface area (Å²) in [6.07, 6.45) is 4.36. The summed E-state index contributed by atoms with van der Waals surface area (Å²) in [5, 5.41) is 0. The van der Waals surface area contributed by atoms with E-state index in [1.807, 2.05) is 0 Å². The number of aliphatic imine (C=N–C) groups is 1. The highest BCUT2D eigenvalue weighted by Gasteiger charge is 2.66. The number of hydrogen-bond donors (Lipinski definition) is 2. The zero-order valence-electron chi connectivity index (χ0n) is 9.86. The van der Waals surface area contributed by atoms with Crippen molar-refractivity contribution in [3.8, 4) is 0 Å². The lowest BCUT2D eigenvalue weighted by atomic mass is 10.0. The van der Waals surface area contributed by atoms with Gasteiger partial charge >= 0.3 is 0 Å². The first kappa shape index (κ1) is 10.5. The normalized spacial score (nSPS) is 44.6. The summed E-state index contributed by atoms with van der Waals surface area (Å²) in [5.74, 6) is 11.0. The highest BCUT2D eigenvalue weighted by molar-refractivity contribution is 5.87. The maximum absolute atomic E-state index is 5.59. The summed E-state index contributed by atoms with van der Waals surface area (Å²) in [6, 6.07) is 0. The van der Waals surface area contributed by atoms with Gasteiger partial charge in [0.1, 0.15) is 5.84 Å². The average Bonchev–Trinajstić information content (AvgIpc) is 2.73. The van der Waals surface area contributed by atoms with Crippen molar-refractivity contribution in [2.75, 3.05) is 20.3 Å². The summed E-state index contributed by atoms with van der Waals surface area (Å²) >= 11 is 0. The van der Waals surface area contributed by atoms with E-state index in [0.717, 1.165) is 36.1 Å². The van der Waals surface area contributed by atoms with E-state index in [1.165, 1.54) is 19.3 Å². The maximum atomic E-state index is 5.59. The molecule has 0 heterocycles. The number of hydrogen-bond acceptors (Lipinski definition) is 3. The van der Waals surface area contributed by atoms with Gasteiger partial charge in [-0.3, -0.25) is 4.99 Å². The molecule has 4 nitrogen and oxygen atoms in total. The number of ether oxygens (including phenoxy) is 1. The Bertz CT molecular complexity index is 289. The third-order valence-corrected chi connectivity index (χ3v) is 4.78. The van der Waals surface area contributed by atoms with E-state index in [2.05, 4.69) is 10.4 Å². The lowest BCUT2D eigenvalue weighted by Crippen LogP contribution is -2.34. The summed E-state index contributed by atoms with van der Waals surface area (Å²) in [6.45, 7) is 1.40. The summed E-state index contributed by atoms with van der Waals surface area (Å²) in [7, 11) is 1.71. The second-order valence-electron chi connectivity index (χ2n) is 5.42. The second-order valence-corrected chi connectivity index (χ2v) is 5.42. The van der Waals surface area contributed by atoms with Crippen molar-refractivity contribution in [2.24, 2.45) is 40.4 Å². The fourth-order valence-corrected chi connectivity index (χ4v) is 4.20. The molecule has 3 aliphatic rings. The van der Waals surface area contributed by atoms with E-state index in [4.69, 9.17) is 10.6 Å². The molecule has 0 radical (unpaired) electrons. The van der Waals surface area contributed by atoms with Gasteiger partial charge in [-0.25, -0.2) is 5.84 Å². The van der Waals surface area contributed by atoms with Crippen LogP contribution in [0.5, 0.6) is 0 Å². The quantitative estimate of drug-likeness (QED) is 0.243. The van der Waals surface area contributed by atoms with Gasteiger partial charge in [-0.05, 0) is 42.9 Å². The SMILES string of the molecule is COCCN=C(NN)C1C2C3CCC(C3)C12. The number of fused-ring (bicyclic) bond motifs is 5. The number of methoxy groups -OCH3 is 1. The van der Waals surface area contributed by atoms with Crippen LogP contribution in [-0.4, -0.2) is 26.1 Å². The number of nitrogens with zero attached hydrogens (tertiary/aromatic N) is 1. The van der Waals surface area contributed by atoms with Crippen molar-refractivity contribution >= 4 is 5.84 Å². The summed E-state index contributed by atoms with van der Waals surface area (Å²) in [4.78, 5) is 4.53. The molecule has 16 heavy (non-hydrogen) atoms. The van der Waals surface area contributed by atoms with Gasteiger partial charge < -0.3 is 10.2 Å². The Hall–Kier alpha value is -0.610. The van der Waals surface area contributed by atoms with Gasteiger partial charge in [0, 0.05) is 13.0 Å². The monoisotopic (exact) mass is 223 g/mol. The van der Waals surface area contributed by atoms with E-state index in [9.17, 15) is 0 Å². The molecule has 3 fully saturated rings. The van der Waals surface area contributed by atoms with Gasteiger partial charge in [0.2, 0.25) is 0 Å². The number of nitrogens with one attached hydrogen (secondary N) is 1. The molecule has 3 aliphatic carbocycles. The molecule has 3 saturated carbocycles. The smallest absolute Gasteiger partial charge is 0.114 e. The molecule has 4 unspecified atom stereocenters. The highest BCUT2D eigenvalue weighted by atomic mass is 16.5. The van der Waals surface area contributed by atoms with Crippen molar-refractivity contribution in [1.82, 2.24) is 5.43 Å². The van der Waals surface area contributed by atoms with Crippen molar-refractivity contribution in [2.45, 2.75) is 19.3 Å². The van der Waals surface area contributed by atoms with Crippen molar-refractivity contribution in [3.63, 3.8) is 0 Å². The zero-order chi connectivity index (χ0) is 11.1. The van der Waals surface area contributed by atoms with Gasteiger partial charge in [-0.15, -0.1) is 0 Å². The topological polar surface area (TPSA) is 59.6 Å². The van der Waals surface area contributed by atoms with E-state index < -0.39 is 0 Å². The fraction of sp³-hybridized carbons (Fsp3) is 0.917. The average molecular weight is 223 g/mol. The predicted molar refractivity (Wildman–Crippen MR) is 62.8 cm³/mol. The second kappa shape index (κ2) is 4.00. The van der Waals surface area contributed by atoms with Crippen LogP contribution < -0.4 is 11.3 Å². The van der Waals surface area contributed by atoms with Gasteiger partial charge in [0.05, 0.1) is 13.2 Å². The first-order valence-electron chi connectivity index (χ1n) is 6.36. The molecule has 90 valence electrons. The molecule has 0 amide bonds. The minimum Gasteiger partial charge on any atom is -0.383 e. The Kier molecular flexibility index (Phi) is 2.64. The standard InChI is InChI=1S/C12H21N3O/c1-16-5-4-14-12(15-13)11-9-7-2-3-8(6-7)10(9)11/h7-11H,2-6,13H2,1H3,(H,14,15). The Morgan fingerprint density at radius 2 is 2.06 bits per heavy atom. The van der Waals surface area contributed by atoms with Crippen LogP contribution in [0.4, 0.5) is 0 Å². The first-order valence-corrected chi connectivity index (χ1v) is 6.36. The molecule has 0 aromatic carbocycles. The van der Waals surface area contributed by atoms with Crippen molar-refractivity contribution in [1.29, 1.82) is 0 Å². The molecule has 0 saturated heterocycles. The van der Waals surface area contributed by atoms with Crippen LogP contribution >= 0.6 is 0 Å². The van der Waals surface area contributed by atoms with Gasteiger partial charge in [0.25, 0.3) is 0 Å². The molecular formula is C12H21N3O. The molecule has 0 aliphatic heterocycles. The Labute approximate surface area is 96.6 Å². The molecule has 2 bridgehead atoms. The van der Waals surface area contributed by atoms with E-state index in [0.29, 0.717) is 12.5 Å². The lowest BCUT2D eigenvalue weighted by Gasteiger charge is -2.11. The fourth-order valence-electron chi connectivity index (χ4n) is 4.20. The minimum atomic E-state index is 0.646. The van der Waals surface area contributed by atoms with Crippen LogP contribution in [-0.2, 0) is 4.74 Å². The molecule has 0 spiro atoms. The molecular weight excluding hydrogens is 202 g/mol. The summed E-state index contributed by atoms with van der Waals surface area (Å²) in [5.41, 5.74) is 2.81. The lowest BCUT2D eigenvalue weighted by molar-refractivity contribution is 0.208. The van der Waals surface area contributed by atoms with Crippen LogP contribution in [0, 0.1) is 29.6 Å². The van der Waals surface area contributed by atoms with Gasteiger partial charge in [-0.2, -0.15) is 0 Å². The summed E-state index contributed by atoms with van der Waals surface area (Å²) < 4.78 is 5.01. The van der Waals surface area contributed by atoms with Crippen LogP contribution in [0.15, 0.2) is 4.99 Å². The molecule has 0 aromatic heterocycles. The van der Waals surface area contributed by atoms with Crippen LogP contribution in [0.25, 0.3) is 0 Å². The molecule has 3 N–H and O–H groups in total. The van der Waals surface area contributed by atoms with Gasteiger partial charge in [0.15, 0.2) is 0 Å². The first-order chi connectivity index (χ1) is 7.86. The van der Waals surface area contributed by atoms with E-state index in [-0.39, 0.29) is 0 Å². The number of rotatable bonds is 4. The third-order valence-electron chi connectivity index (χ3n) is 4.78. The molecule has 4 atom stereocenters. The predicted octanol–water partition coefficient (Wildman–Crippen LogP) is 0.787. The van der Waals surface area contributed by atoms with Crippen molar-refractivity contribution in [3.05, 3.63) is 0 Å². The van der Waals surface area contributed by atoms with E-state index in [1.54, 1.807) is 7.11 Å². The number of nitrogens with two attached hydrogens (primary N) is 1. The minimum absolute atomic E-state index is 0.646. The van der Waals surface area contributed by atoms with Crippen molar-refractivity contribution < 1.29 is 4.74 Å². The highest BCUT2D eigenvalue weighted by Crippen LogP contribution is 2.69. The maximum Gasteiger partial charge on any atom is 0.114 e. The molecule has 3 rings (SSSR count). The van der Waals surface area contributed by atoms with Crippen LogP contribution in [0.2, 0.25) is 0 Å². The van der Waals surface area contributed by atoms with Crippen LogP contribution in [0.1, 0.15) is 19.3 Å². The molecule has 4 heteroatoms. The Morgan fingerprint density at radius 3 is 2.62 bits per heavy atom. The molecule has 0 aromatic rings. The number of amidine groups is 1. The van der Waals surface area contributed by atoms with Crippen LogP contribution in [0.3, 0.4) is 0 Å². The Morgan fingerprint density at radius 1 is 1.38 bits per heavy atom. The zero-order valence-corrected chi connectivity index (χ0v) is 9.86. The van der Waals surface area contributed by atoms with E-state index >= 15 is 0 Å².